The molecule has 0 radical (unpaired) electrons. The average molecular weight is 447 g/mol. The van der Waals surface area contributed by atoms with E-state index in [2.05, 4.69) is 94.6 Å². The molecule has 0 spiro atoms. The topological polar surface area (TPSA) is 59.3 Å². The maximum Gasteiger partial charge on any atom is 0.173 e. The van der Waals surface area contributed by atoms with Crippen molar-refractivity contribution in [1.29, 1.82) is 0 Å². The third-order valence-electron chi connectivity index (χ3n) is 6.05. The number of nitrogens with zero attached hydrogens (tertiary/aromatic N) is 6. The van der Waals surface area contributed by atoms with Crippen LogP contribution in [-0.2, 0) is 5.54 Å². The predicted molar refractivity (Wildman–Crippen MR) is 131 cm³/mol. The molecule has 1 aliphatic rings. The molecule has 3 aromatic rings. The molecule has 7 heteroatoms. The number of aromatic nitrogens is 4. The molecule has 0 amide bonds. The minimum atomic E-state index is -0.201. The van der Waals surface area contributed by atoms with Gasteiger partial charge in [-0.25, -0.2) is 4.68 Å². The van der Waals surface area contributed by atoms with Crippen LogP contribution in [0.5, 0.6) is 5.75 Å². The minimum absolute atomic E-state index is 0.00728. The van der Waals surface area contributed by atoms with Crippen molar-refractivity contribution in [3.8, 4) is 5.75 Å². The van der Waals surface area contributed by atoms with E-state index in [0.29, 0.717) is 0 Å². The van der Waals surface area contributed by atoms with Crippen molar-refractivity contribution in [2.24, 2.45) is 0 Å². The van der Waals surface area contributed by atoms with Gasteiger partial charge in [0.1, 0.15) is 5.75 Å². The zero-order valence-corrected chi connectivity index (χ0v) is 20.1. The molecule has 2 heterocycles. The minimum Gasteiger partial charge on any atom is -0.497 e. The number of ether oxygens (including phenoxy) is 1. The van der Waals surface area contributed by atoms with Crippen molar-refractivity contribution < 1.29 is 4.74 Å². The highest BCUT2D eigenvalue weighted by Crippen LogP contribution is 2.31. The van der Waals surface area contributed by atoms with Gasteiger partial charge in [-0.05, 0) is 54.5 Å². The largest absolute Gasteiger partial charge is 0.497 e. The Labute approximate surface area is 196 Å². The number of piperazine rings is 1. The summed E-state index contributed by atoms with van der Waals surface area (Å²) >= 11 is 0. The summed E-state index contributed by atoms with van der Waals surface area (Å²) in [6.45, 7) is 11.3. The molecule has 7 nitrogen and oxygen atoms in total. The second-order valence-corrected chi connectivity index (χ2v) is 9.45. The van der Waals surface area contributed by atoms with E-state index in [1.165, 1.54) is 11.1 Å². The van der Waals surface area contributed by atoms with Crippen LogP contribution in [0.1, 0.15) is 43.8 Å². The lowest BCUT2D eigenvalue weighted by Gasteiger charge is -2.39. The molecule has 0 saturated carbocycles. The van der Waals surface area contributed by atoms with Gasteiger partial charge < -0.3 is 4.74 Å². The van der Waals surface area contributed by atoms with E-state index in [0.717, 1.165) is 44.3 Å². The van der Waals surface area contributed by atoms with Crippen LogP contribution in [0.4, 0.5) is 0 Å². The summed E-state index contributed by atoms with van der Waals surface area (Å²) in [5.74, 6) is 1.73. The van der Waals surface area contributed by atoms with Crippen LogP contribution >= 0.6 is 0 Å². The Kier molecular flexibility index (Phi) is 7.20. The Morgan fingerprint density at radius 3 is 2.30 bits per heavy atom. The number of hydrogen-bond donors (Lipinski definition) is 0. The number of hydrogen-bond acceptors (Lipinski definition) is 6. The van der Waals surface area contributed by atoms with Gasteiger partial charge in [0.2, 0.25) is 0 Å². The highest BCUT2D eigenvalue weighted by molar-refractivity contribution is 5.48. The molecule has 1 aromatic heterocycles. The van der Waals surface area contributed by atoms with Gasteiger partial charge in [-0.1, -0.05) is 54.6 Å². The van der Waals surface area contributed by atoms with Crippen LogP contribution in [0.25, 0.3) is 6.08 Å². The van der Waals surface area contributed by atoms with E-state index in [1.807, 2.05) is 22.9 Å². The standard InChI is InChI=1S/C26H34N6O/c1-26(2,3)32-25(27-28-29-32)24(22-12-14-23(33-4)15-13-22)31-19-17-30(18-20-31)16-8-11-21-9-6-5-7-10-21/h5-15,24H,16-20H2,1-4H3/b11-8+. The summed E-state index contributed by atoms with van der Waals surface area (Å²) in [5.41, 5.74) is 2.21. The summed E-state index contributed by atoms with van der Waals surface area (Å²) in [5, 5.41) is 12.9. The molecule has 1 unspecified atom stereocenters. The zero-order valence-electron chi connectivity index (χ0n) is 20.1. The van der Waals surface area contributed by atoms with Gasteiger partial charge in [-0.15, -0.1) is 5.10 Å². The van der Waals surface area contributed by atoms with Crippen molar-refractivity contribution in [3.63, 3.8) is 0 Å². The van der Waals surface area contributed by atoms with E-state index in [4.69, 9.17) is 4.74 Å². The van der Waals surface area contributed by atoms with Crippen molar-refractivity contribution >= 4 is 6.08 Å². The Morgan fingerprint density at radius 2 is 1.67 bits per heavy atom. The van der Waals surface area contributed by atoms with E-state index in [9.17, 15) is 0 Å². The van der Waals surface area contributed by atoms with Gasteiger partial charge in [-0.3, -0.25) is 9.80 Å². The third kappa shape index (κ3) is 5.67. The smallest absolute Gasteiger partial charge is 0.173 e. The predicted octanol–water partition coefficient (Wildman–Crippen LogP) is 3.86. The molecule has 0 bridgehead atoms. The van der Waals surface area contributed by atoms with Crippen LogP contribution in [0.3, 0.4) is 0 Å². The van der Waals surface area contributed by atoms with Crippen LogP contribution in [0, 0.1) is 0 Å². The lowest BCUT2D eigenvalue weighted by Crippen LogP contribution is -2.48. The second-order valence-electron chi connectivity index (χ2n) is 9.45. The molecule has 1 saturated heterocycles. The monoisotopic (exact) mass is 446 g/mol. The fourth-order valence-corrected chi connectivity index (χ4v) is 4.26. The molecule has 1 atom stereocenters. The molecular weight excluding hydrogens is 412 g/mol. The van der Waals surface area contributed by atoms with Gasteiger partial charge in [0.25, 0.3) is 0 Å². The van der Waals surface area contributed by atoms with Crippen LogP contribution in [0.15, 0.2) is 60.7 Å². The first-order valence-corrected chi connectivity index (χ1v) is 11.6. The number of methoxy groups -OCH3 is 1. The maximum atomic E-state index is 5.37. The normalized spacial score (nSPS) is 16.8. The van der Waals surface area contributed by atoms with Crippen molar-refractivity contribution in [3.05, 3.63) is 77.6 Å². The molecule has 1 fully saturated rings. The second kappa shape index (κ2) is 10.3. The van der Waals surface area contributed by atoms with E-state index in [-0.39, 0.29) is 11.6 Å². The van der Waals surface area contributed by atoms with Gasteiger partial charge in [0, 0.05) is 32.7 Å². The lowest BCUT2D eigenvalue weighted by molar-refractivity contribution is 0.110. The summed E-state index contributed by atoms with van der Waals surface area (Å²) in [6, 6.07) is 18.7. The molecule has 0 aliphatic carbocycles. The SMILES string of the molecule is COc1ccc(C(c2nnnn2C(C)(C)C)N2CCN(C/C=C/c3ccccc3)CC2)cc1. The highest BCUT2D eigenvalue weighted by atomic mass is 16.5. The van der Waals surface area contributed by atoms with Crippen LogP contribution < -0.4 is 4.74 Å². The Bertz CT molecular complexity index is 1030. The first-order chi connectivity index (χ1) is 16.0. The molecule has 2 aromatic carbocycles. The Morgan fingerprint density at radius 1 is 0.970 bits per heavy atom. The highest BCUT2D eigenvalue weighted by Gasteiger charge is 2.33. The Balaban J connectivity index is 1.50. The summed E-state index contributed by atoms with van der Waals surface area (Å²) in [4.78, 5) is 4.99. The third-order valence-corrected chi connectivity index (χ3v) is 6.05. The molecule has 33 heavy (non-hydrogen) atoms. The van der Waals surface area contributed by atoms with Crippen molar-refractivity contribution in [2.45, 2.75) is 32.4 Å². The van der Waals surface area contributed by atoms with Gasteiger partial charge >= 0.3 is 0 Å². The fourth-order valence-electron chi connectivity index (χ4n) is 4.26. The van der Waals surface area contributed by atoms with Crippen LogP contribution in [0.2, 0.25) is 0 Å². The molecule has 4 rings (SSSR count). The van der Waals surface area contributed by atoms with E-state index >= 15 is 0 Å². The average Bonchev–Trinajstić information content (AvgIpc) is 3.32. The zero-order chi connectivity index (χ0) is 23.3. The lowest BCUT2D eigenvalue weighted by atomic mass is 10.0. The summed E-state index contributed by atoms with van der Waals surface area (Å²) < 4.78 is 7.33. The number of rotatable bonds is 7. The van der Waals surface area contributed by atoms with Gasteiger partial charge in [0.15, 0.2) is 5.82 Å². The molecular formula is C26H34N6O. The first kappa shape index (κ1) is 23.1. The molecule has 0 N–H and O–H groups in total. The number of benzene rings is 2. The molecule has 174 valence electrons. The number of tetrazole rings is 1. The summed E-state index contributed by atoms with van der Waals surface area (Å²) in [7, 11) is 1.69. The van der Waals surface area contributed by atoms with Gasteiger partial charge in [-0.2, -0.15) is 0 Å². The van der Waals surface area contributed by atoms with Crippen molar-refractivity contribution in [2.75, 3.05) is 39.8 Å². The van der Waals surface area contributed by atoms with Gasteiger partial charge in [0.05, 0.1) is 18.7 Å². The molecule has 1 aliphatic heterocycles. The van der Waals surface area contributed by atoms with E-state index in [1.54, 1.807) is 7.11 Å². The van der Waals surface area contributed by atoms with E-state index < -0.39 is 0 Å². The van der Waals surface area contributed by atoms with Crippen LogP contribution in [-0.4, -0.2) is 69.8 Å². The summed E-state index contributed by atoms with van der Waals surface area (Å²) in [6.07, 6.45) is 4.45. The Hall–Kier alpha value is -3.03. The van der Waals surface area contributed by atoms with Crippen molar-refractivity contribution in [1.82, 2.24) is 30.0 Å². The maximum absolute atomic E-state index is 5.37. The quantitative estimate of drug-likeness (QED) is 0.549. The fraction of sp³-hybridized carbons (Fsp3) is 0.423. The first-order valence-electron chi connectivity index (χ1n) is 11.6.